The molecule has 0 aliphatic carbocycles. The van der Waals surface area contributed by atoms with Gasteiger partial charge < -0.3 is 5.32 Å². The van der Waals surface area contributed by atoms with Crippen LogP contribution in [0.3, 0.4) is 0 Å². The number of hydrogen-bond donors (Lipinski definition) is 1. The van der Waals surface area contributed by atoms with Crippen LogP contribution in [0.4, 0.5) is 0 Å². The molecule has 98 valence electrons. The van der Waals surface area contributed by atoms with Gasteiger partial charge in [-0.3, -0.25) is 0 Å². The largest absolute Gasteiger partial charge is 0.312 e. The first-order valence-corrected chi connectivity index (χ1v) is 7.77. The fourth-order valence-electron chi connectivity index (χ4n) is 2.02. The molecular formula is C14H26N2S. The summed E-state index contributed by atoms with van der Waals surface area (Å²) < 4.78 is 0. The van der Waals surface area contributed by atoms with Crippen LogP contribution in [-0.2, 0) is 13.0 Å². The predicted molar refractivity (Wildman–Crippen MR) is 76.8 cm³/mol. The molecule has 0 fully saturated rings. The lowest BCUT2D eigenvalue weighted by Gasteiger charge is -2.07. The maximum absolute atomic E-state index is 4.87. The van der Waals surface area contributed by atoms with Crippen molar-refractivity contribution < 1.29 is 0 Å². The molecule has 0 atom stereocenters. The monoisotopic (exact) mass is 254 g/mol. The molecule has 1 rings (SSSR count). The van der Waals surface area contributed by atoms with Crippen molar-refractivity contribution in [3.63, 3.8) is 0 Å². The minimum Gasteiger partial charge on any atom is -0.312 e. The first-order chi connectivity index (χ1) is 8.26. The zero-order valence-corrected chi connectivity index (χ0v) is 12.5. The fourth-order valence-corrected chi connectivity index (χ4v) is 3.37. The number of aryl methyl sites for hydroxylation is 1. The highest BCUT2D eigenvalue weighted by atomic mass is 32.1. The van der Waals surface area contributed by atoms with Crippen molar-refractivity contribution in [1.82, 2.24) is 10.3 Å². The molecule has 1 aromatic rings. The molecular weight excluding hydrogens is 228 g/mol. The molecule has 0 aliphatic heterocycles. The van der Waals surface area contributed by atoms with Crippen molar-refractivity contribution in [2.45, 2.75) is 65.8 Å². The number of thiazole rings is 1. The van der Waals surface area contributed by atoms with Gasteiger partial charge in [0.2, 0.25) is 0 Å². The minimum atomic E-state index is 0.658. The van der Waals surface area contributed by atoms with Crippen LogP contribution in [0.25, 0.3) is 0 Å². The lowest BCUT2D eigenvalue weighted by molar-refractivity contribution is 0.634. The van der Waals surface area contributed by atoms with Crippen LogP contribution in [0.15, 0.2) is 0 Å². The van der Waals surface area contributed by atoms with Gasteiger partial charge >= 0.3 is 0 Å². The SMILES string of the molecule is CCCc1nc(C(CC)CC)sc1CNCC. The van der Waals surface area contributed by atoms with E-state index >= 15 is 0 Å². The molecule has 0 aliphatic rings. The number of rotatable bonds is 8. The third-order valence-electron chi connectivity index (χ3n) is 3.15. The van der Waals surface area contributed by atoms with E-state index in [-0.39, 0.29) is 0 Å². The highest BCUT2D eigenvalue weighted by Crippen LogP contribution is 2.30. The van der Waals surface area contributed by atoms with Gasteiger partial charge in [-0.15, -0.1) is 11.3 Å². The van der Waals surface area contributed by atoms with Gasteiger partial charge in [-0.05, 0) is 25.8 Å². The number of aromatic nitrogens is 1. The predicted octanol–water partition coefficient (Wildman–Crippen LogP) is 4.11. The van der Waals surface area contributed by atoms with Crippen LogP contribution < -0.4 is 5.32 Å². The molecule has 3 heteroatoms. The zero-order valence-electron chi connectivity index (χ0n) is 11.7. The molecule has 1 N–H and O–H groups in total. The summed E-state index contributed by atoms with van der Waals surface area (Å²) in [4.78, 5) is 6.33. The van der Waals surface area contributed by atoms with Gasteiger partial charge in [-0.2, -0.15) is 0 Å². The van der Waals surface area contributed by atoms with Crippen LogP contribution in [0.2, 0.25) is 0 Å². The number of nitrogens with one attached hydrogen (secondary N) is 1. The smallest absolute Gasteiger partial charge is 0.0962 e. The van der Waals surface area contributed by atoms with Crippen LogP contribution >= 0.6 is 11.3 Å². The molecule has 0 saturated heterocycles. The molecule has 1 heterocycles. The Hall–Kier alpha value is -0.410. The molecule has 0 amide bonds. The first-order valence-electron chi connectivity index (χ1n) is 6.95. The second-order valence-corrected chi connectivity index (χ2v) is 5.58. The summed E-state index contributed by atoms with van der Waals surface area (Å²) in [6.07, 6.45) is 4.72. The van der Waals surface area contributed by atoms with E-state index in [1.165, 1.54) is 34.8 Å². The van der Waals surface area contributed by atoms with Gasteiger partial charge in [0.1, 0.15) is 0 Å². The van der Waals surface area contributed by atoms with E-state index in [2.05, 4.69) is 33.0 Å². The second kappa shape index (κ2) is 7.83. The highest BCUT2D eigenvalue weighted by Gasteiger charge is 2.15. The van der Waals surface area contributed by atoms with E-state index < -0.39 is 0 Å². The molecule has 0 spiro atoms. The summed E-state index contributed by atoms with van der Waals surface area (Å²) in [7, 11) is 0. The molecule has 0 radical (unpaired) electrons. The van der Waals surface area contributed by atoms with Crippen molar-refractivity contribution in [3.05, 3.63) is 15.6 Å². The zero-order chi connectivity index (χ0) is 12.7. The lowest BCUT2D eigenvalue weighted by atomic mass is 10.1. The standard InChI is InChI=1S/C14H26N2S/c1-5-9-12-13(10-15-8-4)17-14(16-12)11(6-2)7-3/h11,15H,5-10H2,1-4H3. The molecule has 0 saturated carbocycles. The third-order valence-corrected chi connectivity index (χ3v) is 4.41. The normalized spacial score (nSPS) is 11.4. The van der Waals surface area contributed by atoms with Gasteiger partial charge in [0.15, 0.2) is 0 Å². The highest BCUT2D eigenvalue weighted by molar-refractivity contribution is 7.11. The summed E-state index contributed by atoms with van der Waals surface area (Å²) in [6, 6.07) is 0. The third kappa shape index (κ3) is 4.07. The Morgan fingerprint density at radius 2 is 1.88 bits per heavy atom. The second-order valence-electron chi connectivity index (χ2n) is 4.47. The van der Waals surface area contributed by atoms with Crippen molar-refractivity contribution in [2.75, 3.05) is 6.54 Å². The Labute approximate surface area is 110 Å². The van der Waals surface area contributed by atoms with Gasteiger partial charge in [0.05, 0.1) is 10.7 Å². The van der Waals surface area contributed by atoms with Crippen LogP contribution in [-0.4, -0.2) is 11.5 Å². The fraction of sp³-hybridized carbons (Fsp3) is 0.786. The summed E-state index contributed by atoms with van der Waals surface area (Å²) in [5, 5.41) is 4.78. The Kier molecular flexibility index (Phi) is 6.75. The Bertz CT molecular complexity index is 316. The van der Waals surface area contributed by atoms with E-state index in [9.17, 15) is 0 Å². The molecule has 2 nitrogen and oxygen atoms in total. The average Bonchev–Trinajstić information content (AvgIpc) is 2.72. The summed E-state index contributed by atoms with van der Waals surface area (Å²) in [5.41, 5.74) is 1.33. The van der Waals surface area contributed by atoms with Crippen molar-refractivity contribution in [1.29, 1.82) is 0 Å². The summed E-state index contributed by atoms with van der Waals surface area (Å²) in [6.45, 7) is 10.9. The maximum Gasteiger partial charge on any atom is 0.0962 e. The minimum absolute atomic E-state index is 0.658. The Morgan fingerprint density at radius 1 is 1.18 bits per heavy atom. The molecule has 1 aromatic heterocycles. The number of nitrogens with zero attached hydrogens (tertiary/aromatic N) is 1. The average molecular weight is 254 g/mol. The van der Waals surface area contributed by atoms with Crippen LogP contribution in [0, 0.1) is 0 Å². The summed E-state index contributed by atoms with van der Waals surface area (Å²) >= 11 is 1.92. The quantitative estimate of drug-likeness (QED) is 0.755. The van der Waals surface area contributed by atoms with Crippen LogP contribution in [0.1, 0.15) is 68.5 Å². The van der Waals surface area contributed by atoms with Gasteiger partial charge in [0, 0.05) is 17.3 Å². The van der Waals surface area contributed by atoms with E-state index in [4.69, 9.17) is 4.98 Å². The topological polar surface area (TPSA) is 24.9 Å². The number of hydrogen-bond acceptors (Lipinski definition) is 3. The van der Waals surface area contributed by atoms with Crippen molar-refractivity contribution >= 4 is 11.3 Å². The van der Waals surface area contributed by atoms with E-state index in [1.54, 1.807) is 0 Å². The van der Waals surface area contributed by atoms with E-state index in [0.29, 0.717) is 5.92 Å². The van der Waals surface area contributed by atoms with E-state index in [0.717, 1.165) is 19.5 Å². The Morgan fingerprint density at radius 3 is 2.41 bits per heavy atom. The van der Waals surface area contributed by atoms with Gasteiger partial charge in [-0.25, -0.2) is 4.98 Å². The maximum atomic E-state index is 4.87. The van der Waals surface area contributed by atoms with Crippen LogP contribution in [0.5, 0.6) is 0 Å². The van der Waals surface area contributed by atoms with Crippen molar-refractivity contribution in [3.8, 4) is 0 Å². The van der Waals surface area contributed by atoms with Crippen molar-refractivity contribution in [2.24, 2.45) is 0 Å². The van der Waals surface area contributed by atoms with Gasteiger partial charge in [-0.1, -0.05) is 34.1 Å². The first kappa shape index (κ1) is 14.7. The summed E-state index contributed by atoms with van der Waals surface area (Å²) in [5.74, 6) is 0.658. The molecule has 0 unspecified atom stereocenters. The molecule has 0 bridgehead atoms. The Balaban J connectivity index is 2.85. The van der Waals surface area contributed by atoms with E-state index in [1.807, 2.05) is 11.3 Å². The lowest BCUT2D eigenvalue weighted by Crippen LogP contribution is -2.11. The molecule has 0 aromatic carbocycles. The molecule has 17 heavy (non-hydrogen) atoms. The van der Waals surface area contributed by atoms with Gasteiger partial charge in [0.25, 0.3) is 0 Å².